The van der Waals surface area contributed by atoms with E-state index in [2.05, 4.69) is 9.97 Å². The van der Waals surface area contributed by atoms with Crippen LogP contribution in [-0.2, 0) is 11.2 Å². The summed E-state index contributed by atoms with van der Waals surface area (Å²) in [6, 6.07) is 14.5. The summed E-state index contributed by atoms with van der Waals surface area (Å²) in [5.74, 6) is 0.0566. The molecule has 1 atom stereocenters. The van der Waals surface area contributed by atoms with E-state index in [1.54, 1.807) is 19.1 Å². The molecule has 0 amide bonds. The van der Waals surface area contributed by atoms with Crippen LogP contribution >= 0.6 is 11.3 Å². The Morgan fingerprint density at radius 2 is 1.87 bits per heavy atom. The maximum Gasteiger partial charge on any atom is 0.339 e. The lowest BCUT2D eigenvalue weighted by molar-refractivity contribution is 0.0321. The number of ether oxygens (including phenoxy) is 1. The minimum atomic E-state index is -0.752. The van der Waals surface area contributed by atoms with Gasteiger partial charge in [0.05, 0.1) is 22.2 Å². The van der Waals surface area contributed by atoms with E-state index in [4.69, 9.17) is 9.72 Å². The highest BCUT2D eigenvalue weighted by atomic mass is 32.1. The first-order valence-electron chi connectivity index (χ1n) is 12.4. The van der Waals surface area contributed by atoms with Gasteiger partial charge in [-0.05, 0) is 80.2 Å². The molecule has 1 unspecified atom stereocenters. The Kier molecular flexibility index (Phi) is 5.84. The average molecular weight is 524 g/mol. The molecule has 2 aromatic carbocycles. The van der Waals surface area contributed by atoms with Crippen molar-refractivity contribution in [2.75, 3.05) is 0 Å². The third kappa shape index (κ3) is 4.07. The van der Waals surface area contributed by atoms with Crippen molar-refractivity contribution in [3.8, 4) is 5.75 Å². The minimum absolute atomic E-state index is 0.210. The number of para-hydroxylation sites is 1. The van der Waals surface area contributed by atoms with Crippen LogP contribution in [-0.4, -0.2) is 26.0 Å². The van der Waals surface area contributed by atoms with E-state index in [9.17, 15) is 14.7 Å². The molecule has 0 saturated carbocycles. The number of aromatic nitrogens is 3. The zero-order chi connectivity index (χ0) is 26.6. The van der Waals surface area contributed by atoms with Crippen molar-refractivity contribution in [2.45, 2.75) is 39.7 Å². The highest BCUT2D eigenvalue weighted by Crippen LogP contribution is 2.38. The van der Waals surface area contributed by atoms with Gasteiger partial charge in [-0.3, -0.25) is 4.79 Å². The zero-order valence-corrected chi connectivity index (χ0v) is 22.0. The number of carbonyl (C=O) groups is 1. The molecule has 3 aromatic heterocycles. The molecule has 2 N–H and O–H groups in total. The molecule has 1 aliphatic rings. The van der Waals surface area contributed by atoms with Crippen LogP contribution in [0.15, 0.2) is 53.3 Å². The van der Waals surface area contributed by atoms with Gasteiger partial charge in [-0.25, -0.2) is 14.8 Å². The van der Waals surface area contributed by atoms with E-state index in [0.717, 1.165) is 44.6 Å². The predicted molar refractivity (Wildman–Crippen MR) is 150 cm³/mol. The van der Waals surface area contributed by atoms with Crippen LogP contribution < -0.4 is 5.56 Å². The summed E-state index contributed by atoms with van der Waals surface area (Å²) in [5, 5.41) is 10.9. The molecule has 0 bridgehead atoms. The fraction of sp³-hybridized carbons (Fsp3) is 0.200. The van der Waals surface area contributed by atoms with Crippen molar-refractivity contribution < 1.29 is 14.6 Å². The Labute approximate surface area is 222 Å². The number of aromatic hydroxyl groups is 1. The summed E-state index contributed by atoms with van der Waals surface area (Å²) < 4.78 is 5.92. The van der Waals surface area contributed by atoms with Crippen LogP contribution in [0.3, 0.4) is 0 Å². The molecule has 0 radical (unpaired) electrons. The monoisotopic (exact) mass is 523 g/mol. The Morgan fingerprint density at radius 3 is 2.66 bits per heavy atom. The molecule has 5 aromatic rings. The minimum Gasteiger partial charge on any atom is -0.508 e. The molecule has 0 fully saturated rings. The number of rotatable bonds is 4. The van der Waals surface area contributed by atoms with Crippen molar-refractivity contribution in [2.24, 2.45) is 0 Å². The second-order valence-electron chi connectivity index (χ2n) is 9.55. The third-order valence-electron chi connectivity index (χ3n) is 7.11. The van der Waals surface area contributed by atoms with Crippen LogP contribution in [0.4, 0.5) is 0 Å². The van der Waals surface area contributed by atoms with E-state index in [1.165, 1.54) is 11.3 Å². The zero-order valence-electron chi connectivity index (χ0n) is 21.2. The SMILES string of the molecule is Cc1sc2nc(C(C)OC(=O)c3c4c(nc5ccccc35)/C(=C\c3ccc(O)cc3)CC4)[nH]c(=O)c2c1C. The van der Waals surface area contributed by atoms with Crippen LogP contribution in [0.1, 0.15) is 62.9 Å². The third-order valence-corrected chi connectivity index (χ3v) is 8.21. The quantitative estimate of drug-likeness (QED) is 0.269. The number of hydrogen-bond donors (Lipinski definition) is 2. The Balaban J connectivity index is 1.39. The second-order valence-corrected chi connectivity index (χ2v) is 10.8. The van der Waals surface area contributed by atoms with Gasteiger partial charge in [-0.2, -0.15) is 0 Å². The molecule has 1 aliphatic carbocycles. The number of hydrogen-bond acceptors (Lipinski definition) is 7. The average Bonchev–Trinajstić information content (AvgIpc) is 3.43. The molecule has 38 heavy (non-hydrogen) atoms. The van der Waals surface area contributed by atoms with Gasteiger partial charge in [0.1, 0.15) is 10.6 Å². The standard InChI is InChI=1S/C30H25N3O4S/c1-15-17(3)38-29-24(15)28(35)32-27(33-29)16(2)37-30(36)25-21-6-4-5-7-23(21)31-26-19(10-13-22(25)26)14-18-8-11-20(34)12-9-18/h4-9,11-12,14,16,34H,10,13H2,1-3H3,(H,32,33,35)/b19-14-. The maximum atomic E-state index is 13.7. The lowest BCUT2D eigenvalue weighted by atomic mass is 10.0. The number of thiophene rings is 1. The summed E-state index contributed by atoms with van der Waals surface area (Å²) in [5.41, 5.74) is 5.51. The van der Waals surface area contributed by atoms with E-state index < -0.39 is 12.1 Å². The Bertz CT molecular complexity index is 1830. The second kappa shape index (κ2) is 9.22. The Hall–Kier alpha value is -4.30. The molecule has 0 saturated heterocycles. The summed E-state index contributed by atoms with van der Waals surface area (Å²) in [7, 11) is 0. The summed E-state index contributed by atoms with van der Waals surface area (Å²) in [4.78, 5) is 40.5. The first-order chi connectivity index (χ1) is 18.3. The molecule has 190 valence electrons. The number of esters is 1. The largest absolute Gasteiger partial charge is 0.508 e. The van der Waals surface area contributed by atoms with E-state index in [1.807, 2.05) is 56.3 Å². The summed E-state index contributed by atoms with van der Waals surface area (Å²) >= 11 is 1.46. The number of benzene rings is 2. The van der Waals surface area contributed by atoms with Gasteiger partial charge in [0.2, 0.25) is 0 Å². The number of carbonyl (C=O) groups excluding carboxylic acids is 1. The summed E-state index contributed by atoms with van der Waals surface area (Å²) in [6.45, 7) is 5.59. The molecular weight excluding hydrogens is 498 g/mol. The molecule has 8 heteroatoms. The maximum absolute atomic E-state index is 13.7. The van der Waals surface area contributed by atoms with E-state index in [0.29, 0.717) is 33.5 Å². The van der Waals surface area contributed by atoms with Gasteiger partial charge >= 0.3 is 5.97 Å². The van der Waals surface area contributed by atoms with Gasteiger partial charge < -0.3 is 14.8 Å². The number of aromatic amines is 1. The van der Waals surface area contributed by atoms with Crippen LogP contribution in [0.5, 0.6) is 5.75 Å². The highest BCUT2D eigenvalue weighted by molar-refractivity contribution is 7.18. The number of fused-ring (bicyclic) bond motifs is 3. The van der Waals surface area contributed by atoms with Gasteiger partial charge in [0, 0.05) is 10.3 Å². The normalized spacial score (nSPS) is 14.8. The first kappa shape index (κ1) is 24.1. The van der Waals surface area contributed by atoms with Crippen LogP contribution in [0.25, 0.3) is 32.8 Å². The molecule has 0 spiro atoms. The predicted octanol–water partition coefficient (Wildman–Crippen LogP) is 6.26. The lowest BCUT2D eigenvalue weighted by Crippen LogP contribution is -2.18. The number of aryl methyl sites for hydroxylation is 2. The van der Waals surface area contributed by atoms with Crippen molar-refractivity contribution in [3.05, 3.63) is 97.5 Å². The van der Waals surface area contributed by atoms with E-state index in [-0.39, 0.29) is 11.3 Å². The van der Waals surface area contributed by atoms with Crippen molar-refractivity contribution in [3.63, 3.8) is 0 Å². The first-order valence-corrected chi connectivity index (χ1v) is 13.2. The number of nitrogens with zero attached hydrogens (tertiary/aromatic N) is 2. The molecule has 0 aliphatic heterocycles. The van der Waals surface area contributed by atoms with Crippen molar-refractivity contribution in [1.82, 2.24) is 15.0 Å². The smallest absolute Gasteiger partial charge is 0.339 e. The number of nitrogens with one attached hydrogen (secondary N) is 1. The highest BCUT2D eigenvalue weighted by Gasteiger charge is 2.29. The molecular formula is C30H25N3O4S. The fourth-order valence-corrected chi connectivity index (χ4v) is 6.06. The van der Waals surface area contributed by atoms with Crippen LogP contribution in [0.2, 0.25) is 0 Å². The number of H-pyrrole nitrogens is 1. The number of pyridine rings is 1. The molecule has 7 nitrogen and oxygen atoms in total. The number of allylic oxidation sites excluding steroid dienone is 1. The summed E-state index contributed by atoms with van der Waals surface area (Å²) in [6.07, 6.45) is 2.68. The lowest BCUT2D eigenvalue weighted by Gasteiger charge is -2.16. The van der Waals surface area contributed by atoms with Gasteiger partial charge in [0.15, 0.2) is 11.9 Å². The molecule has 6 rings (SSSR count). The number of phenols is 1. The van der Waals surface area contributed by atoms with Crippen molar-refractivity contribution in [1.29, 1.82) is 0 Å². The topological polar surface area (TPSA) is 105 Å². The number of phenolic OH excluding ortho intramolecular Hbond substituents is 1. The Morgan fingerprint density at radius 1 is 1.11 bits per heavy atom. The molecule has 3 heterocycles. The fourth-order valence-electron chi connectivity index (χ4n) is 5.02. The van der Waals surface area contributed by atoms with Crippen LogP contribution in [0, 0.1) is 13.8 Å². The van der Waals surface area contributed by atoms with Gasteiger partial charge in [-0.1, -0.05) is 30.3 Å². The van der Waals surface area contributed by atoms with Gasteiger partial charge in [0.25, 0.3) is 5.56 Å². The van der Waals surface area contributed by atoms with E-state index >= 15 is 0 Å². The van der Waals surface area contributed by atoms with Crippen molar-refractivity contribution >= 4 is 50.1 Å². The van der Waals surface area contributed by atoms with Gasteiger partial charge in [-0.15, -0.1) is 11.3 Å².